The first-order valence-electron chi connectivity index (χ1n) is 11.3. The largest absolute Gasteiger partial charge is 0.493 e. The molecule has 7 nitrogen and oxygen atoms in total. The number of alkyl halides is 1. The van der Waals surface area contributed by atoms with Crippen molar-refractivity contribution in [2.45, 2.75) is 38.7 Å². The highest BCUT2D eigenvalue weighted by atomic mass is 35.5. The summed E-state index contributed by atoms with van der Waals surface area (Å²) in [6.45, 7) is 5.93. The zero-order chi connectivity index (χ0) is 26.9. The second-order valence-electron chi connectivity index (χ2n) is 8.85. The molecule has 2 aromatic carbocycles. The molecule has 0 aliphatic carbocycles. The fourth-order valence-electron chi connectivity index (χ4n) is 3.58. The Labute approximate surface area is 226 Å². The van der Waals surface area contributed by atoms with Crippen LogP contribution in [0.3, 0.4) is 0 Å². The molecule has 36 heavy (non-hydrogen) atoms. The fourth-order valence-corrected chi connectivity index (χ4v) is 4.33. The summed E-state index contributed by atoms with van der Waals surface area (Å²) in [6.07, 6.45) is -0.654. The number of esters is 1. The maximum atomic E-state index is 11.2. The van der Waals surface area contributed by atoms with E-state index in [0.717, 1.165) is 11.1 Å². The number of benzene rings is 2. The number of halogens is 3. The molecule has 0 amide bonds. The number of hydrogen-bond donors (Lipinski definition) is 1. The highest BCUT2D eigenvalue weighted by Gasteiger charge is 2.26. The Balaban J connectivity index is 2.13. The van der Waals surface area contributed by atoms with Crippen LogP contribution in [0.5, 0.6) is 11.5 Å². The predicted molar refractivity (Wildman–Crippen MR) is 140 cm³/mol. The van der Waals surface area contributed by atoms with Gasteiger partial charge in [0.05, 0.1) is 35.6 Å². The number of hydrogen-bond acceptors (Lipinski definition) is 6. The average Bonchev–Trinajstić information content (AvgIpc) is 2.81. The van der Waals surface area contributed by atoms with E-state index in [1.807, 2.05) is 38.1 Å². The third-order valence-corrected chi connectivity index (χ3v) is 6.47. The van der Waals surface area contributed by atoms with Gasteiger partial charge in [-0.2, -0.15) is 0 Å². The molecule has 0 bridgehead atoms. The van der Waals surface area contributed by atoms with E-state index in [2.05, 4.69) is 0 Å². The lowest BCUT2D eigenvalue weighted by molar-refractivity contribution is -0.146. The summed E-state index contributed by atoms with van der Waals surface area (Å²) < 4.78 is 21.7. The first-order chi connectivity index (χ1) is 17.0. The van der Waals surface area contributed by atoms with Crippen LogP contribution in [0.15, 0.2) is 36.4 Å². The van der Waals surface area contributed by atoms with Gasteiger partial charge in [-0.25, -0.2) is 0 Å². The second-order valence-corrected chi connectivity index (χ2v) is 9.97. The number of rotatable bonds is 14. The van der Waals surface area contributed by atoms with Gasteiger partial charge in [-0.3, -0.25) is 9.59 Å². The highest BCUT2D eigenvalue weighted by Crippen LogP contribution is 2.40. The summed E-state index contributed by atoms with van der Waals surface area (Å²) >= 11 is 18.8. The smallest absolute Gasteiger partial charge is 0.303 e. The fraction of sp³-hybridized carbons (Fsp3) is 0.462. The van der Waals surface area contributed by atoms with Gasteiger partial charge in [0.15, 0.2) is 5.75 Å². The van der Waals surface area contributed by atoms with Crippen molar-refractivity contribution in [2.24, 2.45) is 5.92 Å². The van der Waals surface area contributed by atoms with Crippen LogP contribution in [0.1, 0.15) is 38.3 Å². The number of ether oxygens (including phenoxy) is 4. The van der Waals surface area contributed by atoms with E-state index in [1.54, 1.807) is 12.1 Å². The lowest BCUT2D eigenvalue weighted by atomic mass is 9.78. The van der Waals surface area contributed by atoms with E-state index in [0.29, 0.717) is 22.4 Å². The van der Waals surface area contributed by atoms with E-state index >= 15 is 0 Å². The van der Waals surface area contributed by atoms with Crippen molar-refractivity contribution in [1.29, 1.82) is 0 Å². The lowest BCUT2D eigenvalue weighted by Crippen LogP contribution is -2.26. The average molecular weight is 562 g/mol. The number of aliphatic carboxylic acids is 1. The molecule has 0 unspecified atom stereocenters. The van der Waals surface area contributed by atoms with Crippen LogP contribution in [0.4, 0.5) is 0 Å². The van der Waals surface area contributed by atoms with Crippen LogP contribution < -0.4 is 9.47 Å². The molecule has 0 saturated carbocycles. The zero-order valence-corrected chi connectivity index (χ0v) is 23.0. The van der Waals surface area contributed by atoms with Crippen LogP contribution in [0.25, 0.3) is 0 Å². The maximum absolute atomic E-state index is 11.2. The maximum Gasteiger partial charge on any atom is 0.303 e. The number of carboxylic acid groups (broad SMARTS) is 1. The minimum atomic E-state index is -0.894. The Kier molecular flexibility index (Phi) is 11.6. The number of carbonyl (C=O) groups excluding carboxylic acids is 1. The van der Waals surface area contributed by atoms with Crippen molar-refractivity contribution in [3.8, 4) is 11.5 Å². The topological polar surface area (TPSA) is 91.3 Å². The van der Waals surface area contributed by atoms with Crippen LogP contribution in [0, 0.1) is 5.92 Å². The summed E-state index contributed by atoms with van der Waals surface area (Å²) in [5.41, 5.74) is 1.41. The SMILES string of the molecule is COC[C@H](COc1ccc(C(C)(C)c2cc(Cl)c(OC[C@@H](CCl)OC(C)=O)c(Cl)c2)cc1)CC(=O)O. The van der Waals surface area contributed by atoms with Gasteiger partial charge in [-0.15, -0.1) is 11.6 Å². The Morgan fingerprint density at radius 2 is 1.58 bits per heavy atom. The van der Waals surface area contributed by atoms with Crippen molar-refractivity contribution in [1.82, 2.24) is 0 Å². The van der Waals surface area contributed by atoms with E-state index in [4.69, 9.17) is 58.9 Å². The molecule has 0 heterocycles. The first-order valence-corrected chi connectivity index (χ1v) is 12.6. The molecule has 2 atom stereocenters. The molecule has 2 aromatic rings. The molecule has 0 spiro atoms. The minimum Gasteiger partial charge on any atom is -0.493 e. The third-order valence-electron chi connectivity index (χ3n) is 5.57. The highest BCUT2D eigenvalue weighted by molar-refractivity contribution is 6.37. The summed E-state index contributed by atoms with van der Waals surface area (Å²) in [4.78, 5) is 22.2. The Hall–Kier alpha value is -2.19. The molecule has 1 N–H and O–H groups in total. The molecular weight excluding hydrogens is 531 g/mol. The van der Waals surface area contributed by atoms with Gasteiger partial charge in [0, 0.05) is 25.4 Å². The number of carboxylic acids is 1. The Bertz CT molecular complexity index is 1000. The van der Waals surface area contributed by atoms with Crippen LogP contribution in [0.2, 0.25) is 10.0 Å². The van der Waals surface area contributed by atoms with Gasteiger partial charge in [0.25, 0.3) is 0 Å². The number of carbonyl (C=O) groups is 2. The van der Waals surface area contributed by atoms with E-state index in [9.17, 15) is 9.59 Å². The van der Waals surface area contributed by atoms with E-state index in [1.165, 1.54) is 14.0 Å². The summed E-state index contributed by atoms with van der Waals surface area (Å²) in [6, 6.07) is 11.1. The quantitative estimate of drug-likeness (QED) is 0.224. The zero-order valence-electron chi connectivity index (χ0n) is 20.7. The Morgan fingerprint density at radius 3 is 2.08 bits per heavy atom. The van der Waals surface area contributed by atoms with Gasteiger partial charge in [-0.05, 0) is 35.4 Å². The molecule has 0 aliphatic heterocycles. The second kappa shape index (κ2) is 13.9. The number of methoxy groups -OCH3 is 1. The van der Waals surface area contributed by atoms with Crippen molar-refractivity contribution in [3.63, 3.8) is 0 Å². The van der Waals surface area contributed by atoms with Crippen LogP contribution >= 0.6 is 34.8 Å². The standard InChI is InChI=1S/C26H31Cl3O7/c1-16(30)36-21(12-27)15-35-25-22(28)10-19(11-23(25)29)26(2,3)18-5-7-20(8-6-18)34-14-17(13-33-4)9-24(31)32/h5-8,10-11,17,21H,9,12-15H2,1-4H3,(H,31,32)/t17-,21-/m1/s1. The van der Waals surface area contributed by atoms with Crippen LogP contribution in [-0.4, -0.2) is 56.0 Å². The van der Waals surface area contributed by atoms with E-state index in [-0.39, 0.29) is 37.2 Å². The molecule has 198 valence electrons. The molecule has 0 saturated heterocycles. The van der Waals surface area contributed by atoms with Crippen LogP contribution in [-0.2, 0) is 24.5 Å². The van der Waals surface area contributed by atoms with Gasteiger partial charge in [-0.1, -0.05) is 49.2 Å². The molecule has 10 heteroatoms. The molecule has 0 aliphatic rings. The van der Waals surface area contributed by atoms with Crippen molar-refractivity contribution < 1.29 is 33.6 Å². The van der Waals surface area contributed by atoms with Gasteiger partial charge in [0.2, 0.25) is 0 Å². The molecular formula is C26H31Cl3O7. The van der Waals surface area contributed by atoms with Crippen molar-refractivity contribution in [2.75, 3.05) is 32.8 Å². The molecule has 0 radical (unpaired) electrons. The third kappa shape index (κ3) is 8.73. The van der Waals surface area contributed by atoms with E-state index < -0.39 is 23.5 Å². The van der Waals surface area contributed by atoms with Gasteiger partial charge < -0.3 is 24.1 Å². The lowest BCUT2D eigenvalue weighted by Gasteiger charge is -2.27. The first kappa shape index (κ1) is 30.0. The van der Waals surface area contributed by atoms with Crippen molar-refractivity contribution >= 4 is 46.7 Å². The monoisotopic (exact) mass is 560 g/mol. The minimum absolute atomic E-state index is 0.0183. The van der Waals surface area contributed by atoms with Crippen molar-refractivity contribution in [3.05, 3.63) is 57.6 Å². The predicted octanol–water partition coefficient (Wildman–Crippen LogP) is 5.98. The summed E-state index contributed by atoms with van der Waals surface area (Å²) in [5.74, 6) is -0.604. The van der Waals surface area contributed by atoms with Gasteiger partial charge >= 0.3 is 11.9 Å². The molecule has 0 fully saturated rings. The molecule has 0 aromatic heterocycles. The summed E-state index contributed by atoms with van der Waals surface area (Å²) in [7, 11) is 1.53. The van der Waals surface area contributed by atoms with Gasteiger partial charge in [0.1, 0.15) is 18.5 Å². The molecule has 2 rings (SSSR count). The summed E-state index contributed by atoms with van der Waals surface area (Å²) in [5, 5.41) is 9.68. The normalized spacial score (nSPS) is 13.1. The Morgan fingerprint density at radius 1 is 0.972 bits per heavy atom.